The molecular formula is C11H14O4. The smallest absolute Gasteiger partial charge is 0.330 e. The Morgan fingerprint density at radius 1 is 1.53 bits per heavy atom. The third-order valence-electron chi connectivity index (χ3n) is 1.90. The molecule has 15 heavy (non-hydrogen) atoms. The third-order valence-corrected chi connectivity index (χ3v) is 1.90. The predicted octanol–water partition coefficient (Wildman–Crippen LogP) is 0.324. The number of rotatable bonds is 3. The van der Waals surface area contributed by atoms with E-state index in [1.165, 1.54) is 24.3 Å². The zero-order valence-electron chi connectivity index (χ0n) is 8.46. The van der Waals surface area contributed by atoms with Gasteiger partial charge in [0.05, 0.1) is 6.61 Å². The monoisotopic (exact) mass is 210 g/mol. The Morgan fingerprint density at radius 2 is 2.27 bits per heavy atom. The van der Waals surface area contributed by atoms with Crippen LogP contribution >= 0.6 is 0 Å². The van der Waals surface area contributed by atoms with Crippen LogP contribution < -0.4 is 0 Å². The number of carbonyl (C=O) groups excluding carboxylic acids is 1. The third kappa shape index (κ3) is 3.69. The molecule has 4 heteroatoms. The summed E-state index contributed by atoms with van der Waals surface area (Å²) in [6, 6.07) is 0. The molecule has 4 nitrogen and oxygen atoms in total. The van der Waals surface area contributed by atoms with Crippen molar-refractivity contribution in [2.45, 2.75) is 19.1 Å². The van der Waals surface area contributed by atoms with E-state index in [4.69, 9.17) is 9.84 Å². The number of ether oxygens (including phenoxy) is 1. The highest BCUT2D eigenvalue weighted by atomic mass is 16.5. The number of carbonyl (C=O) groups is 1. The van der Waals surface area contributed by atoms with Gasteiger partial charge in [-0.25, -0.2) is 4.79 Å². The maximum Gasteiger partial charge on any atom is 0.330 e. The van der Waals surface area contributed by atoms with Gasteiger partial charge >= 0.3 is 5.97 Å². The van der Waals surface area contributed by atoms with Gasteiger partial charge in [0.25, 0.3) is 0 Å². The lowest BCUT2D eigenvalue weighted by atomic mass is 10.0. The maximum absolute atomic E-state index is 11.0. The Morgan fingerprint density at radius 3 is 2.87 bits per heavy atom. The van der Waals surface area contributed by atoms with E-state index in [2.05, 4.69) is 0 Å². The van der Waals surface area contributed by atoms with Crippen LogP contribution in [0.1, 0.15) is 6.92 Å². The number of hydrogen-bond acceptors (Lipinski definition) is 4. The second-order valence-electron chi connectivity index (χ2n) is 3.09. The first-order valence-corrected chi connectivity index (χ1v) is 4.74. The van der Waals surface area contributed by atoms with Gasteiger partial charge in [-0.1, -0.05) is 12.2 Å². The van der Waals surface area contributed by atoms with E-state index in [0.717, 1.165) is 0 Å². The van der Waals surface area contributed by atoms with Crippen LogP contribution in [0.4, 0.5) is 0 Å². The number of esters is 1. The molecule has 1 aliphatic rings. The highest BCUT2D eigenvalue weighted by Crippen LogP contribution is 2.12. The molecule has 1 aliphatic carbocycles. The first kappa shape index (κ1) is 11.7. The van der Waals surface area contributed by atoms with Gasteiger partial charge in [0.15, 0.2) is 0 Å². The summed E-state index contributed by atoms with van der Waals surface area (Å²) in [5.74, 6) is -0.424. The minimum absolute atomic E-state index is 0.333. The van der Waals surface area contributed by atoms with Crippen LogP contribution in [-0.2, 0) is 9.53 Å². The normalized spacial score (nSPS) is 25.4. The molecule has 1 rings (SSSR count). The molecule has 2 unspecified atom stereocenters. The van der Waals surface area contributed by atoms with Crippen LogP contribution in [0.3, 0.4) is 0 Å². The standard InChI is InChI=1S/C11H14O4/c1-2-15-11(14)6-4-8-3-5-9(12)10(13)7-8/h3-7,9-10,12-13H,2H2,1H3. The lowest BCUT2D eigenvalue weighted by Crippen LogP contribution is -2.23. The molecule has 0 aromatic rings. The van der Waals surface area contributed by atoms with E-state index in [1.807, 2.05) is 0 Å². The van der Waals surface area contributed by atoms with E-state index in [0.29, 0.717) is 12.2 Å². The fourth-order valence-electron chi connectivity index (χ4n) is 1.14. The number of aliphatic hydroxyl groups is 2. The molecule has 0 fully saturated rings. The van der Waals surface area contributed by atoms with Crippen molar-refractivity contribution < 1.29 is 19.7 Å². The first-order valence-electron chi connectivity index (χ1n) is 4.74. The minimum Gasteiger partial charge on any atom is -0.463 e. The van der Waals surface area contributed by atoms with Gasteiger partial charge in [0.1, 0.15) is 12.2 Å². The zero-order valence-corrected chi connectivity index (χ0v) is 8.46. The van der Waals surface area contributed by atoms with Gasteiger partial charge in [-0.05, 0) is 24.6 Å². The van der Waals surface area contributed by atoms with Crippen molar-refractivity contribution in [1.29, 1.82) is 0 Å². The molecule has 2 N–H and O–H groups in total. The molecule has 0 radical (unpaired) electrons. The van der Waals surface area contributed by atoms with Crippen LogP contribution in [0.5, 0.6) is 0 Å². The van der Waals surface area contributed by atoms with Crippen molar-refractivity contribution in [3.63, 3.8) is 0 Å². The minimum atomic E-state index is -0.920. The predicted molar refractivity (Wildman–Crippen MR) is 55.0 cm³/mol. The molecule has 0 spiro atoms. The Kier molecular flexibility index (Phi) is 4.27. The van der Waals surface area contributed by atoms with E-state index in [1.54, 1.807) is 13.0 Å². The summed E-state index contributed by atoms with van der Waals surface area (Å²) in [6.07, 6.45) is 5.60. The summed E-state index contributed by atoms with van der Waals surface area (Å²) in [5, 5.41) is 18.4. The Balaban J connectivity index is 2.56. The van der Waals surface area contributed by atoms with E-state index in [9.17, 15) is 9.90 Å². The quantitative estimate of drug-likeness (QED) is 0.520. The average molecular weight is 210 g/mol. The van der Waals surface area contributed by atoms with Crippen molar-refractivity contribution in [2.24, 2.45) is 0 Å². The maximum atomic E-state index is 11.0. The topological polar surface area (TPSA) is 66.8 Å². The van der Waals surface area contributed by atoms with E-state index in [-0.39, 0.29) is 0 Å². The fraction of sp³-hybridized carbons (Fsp3) is 0.364. The number of aliphatic hydroxyl groups excluding tert-OH is 2. The second kappa shape index (κ2) is 5.48. The van der Waals surface area contributed by atoms with E-state index >= 15 is 0 Å². The zero-order chi connectivity index (χ0) is 11.3. The molecular weight excluding hydrogens is 196 g/mol. The van der Waals surface area contributed by atoms with Crippen molar-refractivity contribution in [3.8, 4) is 0 Å². The van der Waals surface area contributed by atoms with Crippen LogP contribution in [0.2, 0.25) is 0 Å². The van der Waals surface area contributed by atoms with Crippen LogP contribution in [-0.4, -0.2) is 35.0 Å². The van der Waals surface area contributed by atoms with Gasteiger partial charge < -0.3 is 14.9 Å². The van der Waals surface area contributed by atoms with Crippen LogP contribution in [0, 0.1) is 0 Å². The lowest BCUT2D eigenvalue weighted by Gasteiger charge is -2.15. The van der Waals surface area contributed by atoms with Gasteiger partial charge in [0, 0.05) is 6.08 Å². The molecule has 0 bridgehead atoms. The average Bonchev–Trinajstić information content (AvgIpc) is 2.20. The second-order valence-corrected chi connectivity index (χ2v) is 3.09. The summed E-state index contributed by atoms with van der Waals surface area (Å²) in [4.78, 5) is 11.0. The fourth-order valence-corrected chi connectivity index (χ4v) is 1.14. The molecule has 0 aliphatic heterocycles. The lowest BCUT2D eigenvalue weighted by molar-refractivity contribution is -0.137. The summed E-state index contributed by atoms with van der Waals surface area (Å²) in [7, 11) is 0. The molecule has 0 aromatic carbocycles. The van der Waals surface area contributed by atoms with Gasteiger partial charge in [-0.2, -0.15) is 0 Å². The molecule has 0 saturated heterocycles. The Bertz CT molecular complexity index is 315. The number of allylic oxidation sites excluding steroid dienone is 3. The molecule has 0 aromatic heterocycles. The summed E-state index contributed by atoms with van der Waals surface area (Å²) in [6.45, 7) is 2.06. The summed E-state index contributed by atoms with van der Waals surface area (Å²) in [5.41, 5.74) is 0.667. The van der Waals surface area contributed by atoms with Crippen molar-refractivity contribution in [2.75, 3.05) is 6.61 Å². The largest absolute Gasteiger partial charge is 0.463 e. The Labute approximate surface area is 88.2 Å². The highest BCUT2D eigenvalue weighted by Gasteiger charge is 2.14. The van der Waals surface area contributed by atoms with Crippen LogP contribution in [0.25, 0.3) is 0 Å². The highest BCUT2D eigenvalue weighted by molar-refractivity contribution is 5.82. The van der Waals surface area contributed by atoms with Crippen LogP contribution in [0.15, 0.2) is 36.0 Å². The van der Waals surface area contributed by atoms with Gasteiger partial charge in [-0.3, -0.25) is 0 Å². The number of hydrogen-bond donors (Lipinski definition) is 2. The van der Waals surface area contributed by atoms with Crippen molar-refractivity contribution >= 4 is 5.97 Å². The summed E-state index contributed by atoms with van der Waals surface area (Å²) >= 11 is 0. The molecule has 82 valence electrons. The SMILES string of the molecule is CCOC(=O)C=CC1=CC(O)C(O)C=C1. The molecule has 0 saturated carbocycles. The van der Waals surface area contributed by atoms with Gasteiger partial charge in [-0.15, -0.1) is 0 Å². The molecule has 0 heterocycles. The van der Waals surface area contributed by atoms with Gasteiger partial charge in [0.2, 0.25) is 0 Å². The summed E-state index contributed by atoms with van der Waals surface area (Å²) < 4.78 is 4.69. The van der Waals surface area contributed by atoms with Crippen molar-refractivity contribution in [1.82, 2.24) is 0 Å². The molecule has 2 atom stereocenters. The van der Waals surface area contributed by atoms with Crippen molar-refractivity contribution in [3.05, 3.63) is 36.0 Å². The first-order chi connectivity index (χ1) is 7.13. The van der Waals surface area contributed by atoms with E-state index < -0.39 is 18.2 Å². The Hall–Kier alpha value is -1.39. The molecule has 0 amide bonds.